The summed E-state index contributed by atoms with van der Waals surface area (Å²) in [4.78, 5) is 39.5. The molecule has 3 aromatic rings. The van der Waals surface area contributed by atoms with Crippen molar-refractivity contribution in [3.8, 4) is 11.5 Å². The molecule has 0 aliphatic carbocycles. The van der Waals surface area contributed by atoms with Crippen LogP contribution in [0.15, 0.2) is 65.1 Å². The van der Waals surface area contributed by atoms with Gasteiger partial charge in [0.2, 0.25) is 5.75 Å². The van der Waals surface area contributed by atoms with E-state index in [0.717, 1.165) is 16.0 Å². The van der Waals surface area contributed by atoms with E-state index in [1.54, 1.807) is 38.1 Å². The van der Waals surface area contributed by atoms with Crippen LogP contribution in [0.25, 0.3) is 6.08 Å². The number of urea groups is 1. The highest BCUT2D eigenvalue weighted by atomic mass is 35.5. The van der Waals surface area contributed by atoms with Crippen LogP contribution in [0.3, 0.4) is 0 Å². The maximum atomic E-state index is 13.4. The van der Waals surface area contributed by atoms with E-state index in [1.807, 2.05) is 19.9 Å². The number of barbiturate groups is 1. The summed E-state index contributed by atoms with van der Waals surface area (Å²) in [5, 5.41) is 2.05. The first-order valence-corrected chi connectivity index (χ1v) is 13.7. The molecule has 0 saturated carbocycles. The second-order valence-electron chi connectivity index (χ2n) is 8.79. The Morgan fingerprint density at radius 1 is 1.00 bits per heavy atom. The Hall–Kier alpha value is -4.15. The summed E-state index contributed by atoms with van der Waals surface area (Å²) < 4.78 is 36.7. The van der Waals surface area contributed by atoms with Gasteiger partial charge in [0.25, 0.3) is 11.8 Å². The van der Waals surface area contributed by atoms with Crippen molar-refractivity contribution in [1.29, 1.82) is 0 Å². The lowest BCUT2D eigenvalue weighted by Gasteiger charge is -2.28. The predicted octanol–water partition coefficient (Wildman–Crippen LogP) is 5.10. The van der Waals surface area contributed by atoms with Gasteiger partial charge >= 0.3 is 16.1 Å². The lowest BCUT2D eigenvalue weighted by molar-refractivity contribution is -0.122. The number of halogens is 1. The van der Waals surface area contributed by atoms with E-state index in [4.69, 9.17) is 20.5 Å². The molecule has 4 rings (SSSR count). The van der Waals surface area contributed by atoms with Crippen LogP contribution in [0.5, 0.6) is 11.5 Å². The van der Waals surface area contributed by atoms with Gasteiger partial charge in [-0.2, -0.15) is 8.42 Å². The van der Waals surface area contributed by atoms with Gasteiger partial charge in [0.15, 0.2) is 5.75 Å². The number of imide groups is 2. The number of hydrogen-bond donors (Lipinski definition) is 1. The minimum atomic E-state index is -4.24. The Morgan fingerprint density at radius 2 is 1.69 bits per heavy atom. The fourth-order valence-electron chi connectivity index (χ4n) is 3.90. The number of ether oxygens (including phenoxy) is 1. The van der Waals surface area contributed by atoms with Gasteiger partial charge < -0.3 is 8.92 Å². The molecule has 0 spiro atoms. The van der Waals surface area contributed by atoms with Crippen molar-refractivity contribution in [1.82, 2.24) is 5.32 Å². The summed E-state index contributed by atoms with van der Waals surface area (Å²) in [6, 6.07) is 13.1. The van der Waals surface area contributed by atoms with Gasteiger partial charge in [-0.1, -0.05) is 41.4 Å². The van der Waals surface area contributed by atoms with Gasteiger partial charge in [-0.15, -0.1) is 0 Å². The zero-order valence-corrected chi connectivity index (χ0v) is 23.1. The highest BCUT2D eigenvalue weighted by molar-refractivity contribution is 7.87. The highest BCUT2D eigenvalue weighted by Crippen LogP contribution is 2.39. The third kappa shape index (κ3) is 5.67. The Labute approximate surface area is 231 Å². The minimum Gasteiger partial charge on any atom is -0.490 e. The molecule has 4 amide bonds. The van der Waals surface area contributed by atoms with E-state index in [0.29, 0.717) is 11.3 Å². The first-order chi connectivity index (χ1) is 18.4. The molecule has 0 aromatic heterocycles. The molecular weight excluding hydrogens is 544 g/mol. The van der Waals surface area contributed by atoms with Crippen LogP contribution in [0.2, 0.25) is 5.02 Å². The van der Waals surface area contributed by atoms with Gasteiger partial charge in [0.05, 0.1) is 17.3 Å². The van der Waals surface area contributed by atoms with Gasteiger partial charge in [0, 0.05) is 0 Å². The Bertz CT molecular complexity index is 1630. The summed E-state index contributed by atoms with van der Waals surface area (Å²) >= 11 is 6.42. The molecule has 1 aliphatic heterocycles. The van der Waals surface area contributed by atoms with Crippen LogP contribution in [0, 0.1) is 20.8 Å². The molecule has 0 bridgehead atoms. The lowest BCUT2D eigenvalue weighted by atomic mass is 10.0. The average molecular weight is 569 g/mol. The van der Waals surface area contributed by atoms with Gasteiger partial charge in [-0.25, -0.2) is 9.69 Å². The van der Waals surface area contributed by atoms with Gasteiger partial charge in [-0.05, 0) is 80.8 Å². The molecule has 0 radical (unpaired) electrons. The fourth-order valence-corrected chi connectivity index (χ4v) is 5.16. The van der Waals surface area contributed by atoms with Crippen molar-refractivity contribution in [2.24, 2.45) is 0 Å². The zero-order valence-electron chi connectivity index (χ0n) is 21.6. The molecule has 1 fully saturated rings. The monoisotopic (exact) mass is 568 g/mol. The number of rotatable bonds is 7. The number of anilines is 1. The summed E-state index contributed by atoms with van der Waals surface area (Å²) in [6.45, 7) is 7.26. The summed E-state index contributed by atoms with van der Waals surface area (Å²) in [6.07, 6.45) is 1.24. The summed E-state index contributed by atoms with van der Waals surface area (Å²) in [7, 11) is -4.24. The van der Waals surface area contributed by atoms with Crippen molar-refractivity contribution >= 4 is 51.3 Å². The summed E-state index contributed by atoms with van der Waals surface area (Å²) in [5.74, 6) is -1.97. The van der Waals surface area contributed by atoms with E-state index in [1.165, 1.54) is 30.3 Å². The Morgan fingerprint density at radius 3 is 2.36 bits per heavy atom. The molecule has 9 nitrogen and oxygen atoms in total. The zero-order chi connectivity index (χ0) is 28.5. The quantitative estimate of drug-likeness (QED) is 0.239. The molecule has 3 aromatic carbocycles. The number of carbonyl (C=O) groups is 3. The van der Waals surface area contributed by atoms with Gasteiger partial charge in [0.1, 0.15) is 10.5 Å². The Balaban J connectivity index is 1.74. The predicted molar refractivity (Wildman–Crippen MR) is 147 cm³/mol. The second-order valence-corrected chi connectivity index (χ2v) is 10.7. The standard InChI is InChI=1S/C28H25ClN2O7S/c1-5-37-24-15-19(14-22(29)25(24)38-39(35,36)20-11-9-16(2)10-12-20)13-21-26(32)30-28(34)31(27(21)33)23-8-6-7-17(3)18(23)4/h6-15H,5H2,1-4H3,(H,30,32,34)/b21-13+. The van der Waals surface area contributed by atoms with E-state index >= 15 is 0 Å². The van der Waals surface area contributed by atoms with Gasteiger partial charge in [-0.3, -0.25) is 14.9 Å². The second kappa shape index (κ2) is 10.9. The smallest absolute Gasteiger partial charge is 0.339 e. The summed E-state index contributed by atoms with van der Waals surface area (Å²) in [5.41, 5.74) is 2.70. The van der Waals surface area contributed by atoms with Crippen LogP contribution in [0.4, 0.5) is 10.5 Å². The van der Waals surface area contributed by atoms with Crippen molar-refractivity contribution < 1.29 is 31.7 Å². The third-order valence-electron chi connectivity index (χ3n) is 6.06. The normalized spacial score (nSPS) is 14.9. The van der Waals surface area contributed by atoms with Crippen molar-refractivity contribution in [3.63, 3.8) is 0 Å². The lowest BCUT2D eigenvalue weighted by Crippen LogP contribution is -2.54. The van der Waals surface area contributed by atoms with Crippen LogP contribution >= 0.6 is 11.6 Å². The number of benzene rings is 3. The largest absolute Gasteiger partial charge is 0.490 e. The van der Waals surface area contributed by atoms with Crippen LogP contribution < -0.4 is 19.1 Å². The maximum Gasteiger partial charge on any atom is 0.339 e. The number of aryl methyl sites for hydroxylation is 2. The first kappa shape index (κ1) is 27.9. The molecule has 1 aliphatic rings. The van der Waals surface area contributed by atoms with E-state index in [9.17, 15) is 22.8 Å². The molecule has 11 heteroatoms. The number of nitrogens with one attached hydrogen (secondary N) is 1. The number of amides is 4. The first-order valence-electron chi connectivity index (χ1n) is 11.9. The molecular formula is C28H25ClN2O7S. The molecule has 1 N–H and O–H groups in total. The number of hydrogen-bond acceptors (Lipinski definition) is 7. The molecule has 0 atom stereocenters. The van der Waals surface area contributed by atoms with Crippen molar-refractivity contribution in [2.45, 2.75) is 32.6 Å². The fraction of sp³-hybridized carbons (Fsp3) is 0.179. The van der Waals surface area contributed by atoms with Crippen LogP contribution in [-0.4, -0.2) is 32.9 Å². The maximum absolute atomic E-state index is 13.4. The average Bonchev–Trinajstić information content (AvgIpc) is 2.87. The molecule has 1 heterocycles. The van der Waals surface area contributed by atoms with Crippen LogP contribution in [-0.2, 0) is 19.7 Å². The minimum absolute atomic E-state index is 0.0151. The molecule has 39 heavy (non-hydrogen) atoms. The van der Waals surface area contributed by atoms with E-state index in [2.05, 4.69) is 5.32 Å². The molecule has 0 unspecified atom stereocenters. The molecule has 1 saturated heterocycles. The SMILES string of the molecule is CCOc1cc(/C=C2\C(=O)NC(=O)N(c3cccc(C)c3C)C2=O)cc(Cl)c1OS(=O)(=O)c1ccc(C)cc1. The Kier molecular flexibility index (Phi) is 7.80. The number of nitrogens with zero attached hydrogens (tertiary/aromatic N) is 1. The van der Waals surface area contributed by atoms with Crippen molar-refractivity contribution in [3.05, 3.63) is 87.4 Å². The van der Waals surface area contributed by atoms with Crippen LogP contribution in [0.1, 0.15) is 29.2 Å². The van der Waals surface area contributed by atoms with Crippen molar-refractivity contribution in [2.75, 3.05) is 11.5 Å². The molecule has 202 valence electrons. The highest BCUT2D eigenvalue weighted by Gasteiger charge is 2.37. The number of carbonyl (C=O) groups excluding carboxylic acids is 3. The van der Waals surface area contributed by atoms with E-state index < -0.39 is 28.0 Å². The third-order valence-corrected chi connectivity index (χ3v) is 7.58. The van der Waals surface area contributed by atoms with E-state index in [-0.39, 0.29) is 39.2 Å². The topological polar surface area (TPSA) is 119 Å².